The van der Waals surface area contributed by atoms with E-state index in [2.05, 4.69) is 4.98 Å². The van der Waals surface area contributed by atoms with Crippen LogP contribution in [-0.4, -0.2) is 39.6 Å². The van der Waals surface area contributed by atoms with Crippen molar-refractivity contribution in [2.45, 2.75) is 6.54 Å². The Morgan fingerprint density at radius 1 is 1.12 bits per heavy atom. The highest BCUT2D eigenvalue weighted by molar-refractivity contribution is 6.04. The van der Waals surface area contributed by atoms with Crippen molar-refractivity contribution in [3.05, 3.63) is 60.4 Å². The van der Waals surface area contributed by atoms with Crippen molar-refractivity contribution in [1.82, 2.24) is 9.55 Å². The smallest absolute Gasteiger partial charge is 0.250 e. The fourth-order valence-corrected chi connectivity index (χ4v) is 2.75. The van der Waals surface area contributed by atoms with Gasteiger partial charge in [0.2, 0.25) is 5.91 Å². The Morgan fingerprint density at radius 3 is 2.56 bits per heavy atom. The van der Waals surface area contributed by atoms with Crippen molar-refractivity contribution in [1.29, 1.82) is 0 Å². The normalized spacial score (nSPS) is 10.8. The zero-order chi connectivity index (χ0) is 17.8. The number of aliphatic hydroxyl groups excluding tert-OH is 1. The number of para-hydroxylation sites is 2. The molecular formula is C18H18N4O3. The molecule has 2 amide bonds. The predicted octanol–water partition coefficient (Wildman–Crippen LogP) is 1.16. The molecule has 0 aliphatic heterocycles. The summed E-state index contributed by atoms with van der Waals surface area (Å²) in [5, 5.41) is 9.28. The van der Waals surface area contributed by atoms with E-state index in [0.717, 1.165) is 0 Å². The van der Waals surface area contributed by atoms with Gasteiger partial charge >= 0.3 is 0 Å². The Bertz CT molecular complexity index is 905. The lowest BCUT2D eigenvalue weighted by atomic mass is 10.2. The number of amides is 2. The number of hydrogen-bond donors (Lipinski definition) is 2. The lowest BCUT2D eigenvalue weighted by molar-refractivity contribution is -0.119. The van der Waals surface area contributed by atoms with Crippen molar-refractivity contribution >= 4 is 28.5 Å². The highest BCUT2D eigenvalue weighted by Crippen LogP contribution is 2.19. The highest BCUT2D eigenvalue weighted by Gasteiger charge is 2.18. The maximum Gasteiger partial charge on any atom is 0.250 e. The van der Waals surface area contributed by atoms with E-state index in [4.69, 9.17) is 5.73 Å². The number of imidazole rings is 1. The van der Waals surface area contributed by atoms with Gasteiger partial charge in [0, 0.05) is 12.2 Å². The number of nitrogens with zero attached hydrogens (tertiary/aromatic N) is 3. The summed E-state index contributed by atoms with van der Waals surface area (Å²) in [6.07, 6.45) is 1.51. The molecule has 0 aliphatic rings. The van der Waals surface area contributed by atoms with E-state index >= 15 is 0 Å². The van der Waals surface area contributed by atoms with E-state index in [1.807, 2.05) is 30.3 Å². The lowest BCUT2D eigenvalue weighted by Crippen LogP contribution is -2.36. The number of anilines is 1. The number of aromatic nitrogens is 2. The van der Waals surface area contributed by atoms with Crippen LogP contribution in [0.4, 0.5) is 5.69 Å². The van der Waals surface area contributed by atoms with Gasteiger partial charge in [-0.25, -0.2) is 4.98 Å². The third kappa shape index (κ3) is 3.36. The van der Waals surface area contributed by atoms with Gasteiger partial charge < -0.3 is 20.3 Å². The molecule has 2 aromatic carbocycles. The van der Waals surface area contributed by atoms with E-state index in [0.29, 0.717) is 22.3 Å². The molecule has 7 nitrogen and oxygen atoms in total. The highest BCUT2D eigenvalue weighted by atomic mass is 16.3. The molecule has 3 aromatic rings. The minimum Gasteiger partial charge on any atom is -0.395 e. The summed E-state index contributed by atoms with van der Waals surface area (Å²) >= 11 is 0. The Kier molecular flexibility index (Phi) is 4.76. The SMILES string of the molecule is NC(=O)c1cccc2c1ncn2CC(=O)N(CCO)c1ccccc1. The summed E-state index contributed by atoms with van der Waals surface area (Å²) < 4.78 is 1.66. The molecule has 0 saturated carbocycles. The molecule has 0 atom stereocenters. The first-order valence-corrected chi connectivity index (χ1v) is 7.81. The maximum absolute atomic E-state index is 12.7. The van der Waals surface area contributed by atoms with E-state index in [1.54, 1.807) is 22.8 Å². The Labute approximate surface area is 144 Å². The summed E-state index contributed by atoms with van der Waals surface area (Å²) in [4.78, 5) is 30.0. The van der Waals surface area contributed by atoms with Gasteiger partial charge in [0.15, 0.2) is 0 Å². The van der Waals surface area contributed by atoms with E-state index in [1.165, 1.54) is 11.2 Å². The summed E-state index contributed by atoms with van der Waals surface area (Å²) in [6.45, 7) is 0.0900. The summed E-state index contributed by atoms with van der Waals surface area (Å²) in [5.41, 5.74) is 7.52. The molecule has 0 bridgehead atoms. The number of fused-ring (bicyclic) bond motifs is 1. The van der Waals surface area contributed by atoms with Crippen LogP contribution < -0.4 is 10.6 Å². The van der Waals surface area contributed by atoms with Gasteiger partial charge in [0.1, 0.15) is 12.1 Å². The van der Waals surface area contributed by atoms with Crippen LogP contribution in [0.15, 0.2) is 54.9 Å². The number of hydrogen-bond acceptors (Lipinski definition) is 4. The Balaban J connectivity index is 1.91. The molecule has 25 heavy (non-hydrogen) atoms. The van der Waals surface area contributed by atoms with Gasteiger partial charge in [0.05, 0.1) is 24.0 Å². The monoisotopic (exact) mass is 338 g/mol. The van der Waals surface area contributed by atoms with E-state index in [9.17, 15) is 14.7 Å². The summed E-state index contributed by atoms with van der Waals surface area (Å²) in [7, 11) is 0. The molecule has 7 heteroatoms. The largest absolute Gasteiger partial charge is 0.395 e. The van der Waals surface area contributed by atoms with Crippen LogP contribution in [0.25, 0.3) is 11.0 Å². The molecule has 1 heterocycles. The fourth-order valence-electron chi connectivity index (χ4n) is 2.75. The molecule has 0 radical (unpaired) electrons. The van der Waals surface area contributed by atoms with Gasteiger partial charge in [-0.3, -0.25) is 9.59 Å². The molecule has 0 aliphatic carbocycles. The third-order valence-electron chi connectivity index (χ3n) is 3.91. The number of carbonyl (C=O) groups is 2. The molecule has 1 aromatic heterocycles. The predicted molar refractivity (Wildman–Crippen MR) is 94.1 cm³/mol. The number of primary amides is 1. The van der Waals surface area contributed by atoms with Crippen molar-refractivity contribution in [2.75, 3.05) is 18.1 Å². The molecule has 0 unspecified atom stereocenters. The fraction of sp³-hybridized carbons (Fsp3) is 0.167. The first-order valence-electron chi connectivity index (χ1n) is 7.81. The topological polar surface area (TPSA) is 101 Å². The van der Waals surface area contributed by atoms with Crippen LogP contribution in [0.2, 0.25) is 0 Å². The first-order chi connectivity index (χ1) is 12.1. The standard InChI is InChI=1S/C18H18N4O3/c19-18(25)14-7-4-8-15-17(14)20-12-21(15)11-16(24)22(9-10-23)13-5-2-1-3-6-13/h1-8,12,23H,9-11H2,(H2,19,25). The Hall–Kier alpha value is -3.19. The van der Waals surface area contributed by atoms with Crippen LogP contribution in [0.1, 0.15) is 10.4 Å². The van der Waals surface area contributed by atoms with Gasteiger partial charge in [-0.2, -0.15) is 0 Å². The van der Waals surface area contributed by atoms with Crippen molar-refractivity contribution in [3.63, 3.8) is 0 Å². The number of aliphatic hydroxyl groups is 1. The summed E-state index contributed by atoms with van der Waals surface area (Å²) in [5.74, 6) is -0.752. The molecular weight excluding hydrogens is 320 g/mol. The summed E-state index contributed by atoms with van der Waals surface area (Å²) in [6, 6.07) is 14.2. The maximum atomic E-state index is 12.7. The minimum absolute atomic E-state index is 0.0353. The van der Waals surface area contributed by atoms with Crippen molar-refractivity contribution in [2.24, 2.45) is 5.73 Å². The molecule has 3 rings (SSSR count). The lowest BCUT2D eigenvalue weighted by Gasteiger charge is -2.22. The van der Waals surface area contributed by atoms with Crippen LogP contribution >= 0.6 is 0 Å². The van der Waals surface area contributed by atoms with Crippen LogP contribution in [-0.2, 0) is 11.3 Å². The zero-order valence-electron chi connectivity index (χ0n) is 13.5. The Morgan fingerprint density at radius 2 is 1.88 bits per heavy atom. The quantitative estimate of drug-likeness (QED) is 0.704. The molecule has 128 valence electrons. The van der Waals surface area contributed by atoms with Gasteiger partial charge in [-0.15, -0.1) is 0 Å². The van der Waals surface area contributed by atoms with Gasteiger partial charge in [-0.05, 0) is 24.3 Å². The van der Waals surface area contributed by atoms with E-state index < -0.39 is 5.91 Å². The average Bonchev–Trinajstić information content (AvgIpc) is 3.03. The number of carbonyl (C=O) groups excluding carboxylic acids is 2. The van der Waals surface area contributed by atoms with Crippen molar-refractivity contribution in [3.8, 4) is 0 Å². The van der Waals surface area contributed by atoms with E-state index in [-0.39, 0.29) is 25.6 Å². The second-order valence-electron chi connectivity index (χ2n) is 5.51. The zero-order valence-corrected chi connectivity index (χ0v) is 13.5. The average molecular weight is 338 g/mol. The molecule has 0 saturated heterocycles. The second-order valence-corrected chi connectivity index (χ2v) is 5.51. The van der Waals surface area contributed by atoms with Crippen LogP contribution in [0.3, 0.4) is 0 Å². The number of rotatable bonds is 6. The number of nitrogens with two attached hydrogens (primary N) is 1. The van der Waals surface area contributed by atoms with Gasteiger partial charge in [-0.1, -0.05) is 24.3 Å². The van der Waals surface area contributed by atoms with Crippen LogP contribution in [0.5, 0.6) is 0 Å². The molecule has 0 fully saturated rings. The van der Waals surface area contributed by atoms with Gasteiger partial charge in [0.25, 0.3) is 5.91 Å². The first kappa shape index (κ1) is 16.7. The molecule has 0 spiro atoms. The van der Waals surface area contributed by atoms with Crippen molar-refractivity contribution < 1.29 is 14.7 Å². The van der Waals surface area contributed by atoms with Crippen LogP contribution in [0, 0.1) is 0 Å². The molecule has 3 N–H and O–H groups in total. The second kappa shape index (κ2) is 7.14. The minimum atomic E-state index is -0.562. The number of benzene rings is 2. The third-order valence-corrected chi connectivity index (χ3v) is 3.91.